The van der Waals surface area contributed by atoms with E-state index in [1.54, 1.807) is 18.3 Å². The molecule has 1 heterocycles. The van der Waals surface area contributed by atoms with Crippen molar-refractivity contribution in [1.82, 2.24) is 4.98 Å². The van der Waals surface area contributed by atoms with Gasteiger partial charge in [-0.1, -0.05) is 33.6 Å². The van der Waals surface area contributed by atoms with Crippen LogP contribution in [0.1, 0.15) is 21.5 Å². The van der Waals surface area contributed by atoms with Crippen LogP contribution in [0.2, 0.25) is 5.02 Å². The molecular formula is C13H9BrClNO. The zero-order valence-electron chi connectivity index (χ0n) is 9.08. The first kappa shape index (κ1) is 12.3. The Bertz CT molecular complexity index is 583. The lowest BCUT2D eigenvalue weighted by Gasteiger charge is -2.06. The zero-order valence-corrected chi connectivity index (χ0v) is 11.4. The van der Waals surface area contributed by atoms with Gasteiger partial charge >= 0.3 is 0 Å². The molecule has 0 unspecified atom stereocenters. The number of halogens is 2. The molecule has 2 nitrogen and oxygen atoms in total. The van der Waals surface area contributed by atoms with Crippen molar-refractivity contribution in [3.8, 4) is 0 Å². The molecule has 1 aromatic carbocycles. The van der Waals surface area contributed by atoms with E-state index in [0.717, 1.165) is 10.0 Å². The van der Waals surface area contributed by atoms with Gasteiger partial charge in [-0.15, -0.1) is 0 Å². The summed E-state index contributed by atoms with van der Waals surface area (Å²) in [6.45, 7) is 1.97. The van der Waals surface area contributed by atoms with Crippen LogP contribution in [-0.2, 0) is 0 Å². The SMILES string of the molecule is Cc1ccc(C(=O)c2ccncc2Cl)c(Br)c1. The van der Waals surface area contributed by atoms with Gasteiger partial charge in [0.1, 0.15) is 0 Å². The number of hydrogen-bond acceptors (Lipinski definition) is 2. The van der Waals surface area contributed by atoms with E-state index in [4.69, 9.17) is 11.6 Å². The molecule has 0 spiro atoms. The predicted molar refractivity (Wildman–Crippen MR) is 71.6 cm³/mol. The summed E-state index contributed by atoms with van der Waals surface area (Å²) in [6, 6.07) is 7.21. The molecule has 86 valence electrons. The number of aryl methyl sites for hydroxylation is 1. The molecule has 0 atom stereocenters. The highest BCUT2D eigenvalue weighted by Gasteiger charge is 2.15. The van der Waals surface area contributed by atoms with Crippen molar-refractivity contribution < 1.29 is 4.79 Å². The molecule has 0 radical (unpaired) electrons. The van der Waals surface area contributed by atoms with Crippen molar-refractivity contribution in [1.29, 1.82) is 0 Å². The van der Waals surface area contributed by atoms with Crippen LogP contribution in [0.4, 0.5) is 0 Å². The smallest absolute Gasteiger partial charge is 0.195 e. The first-order valence-electron chi connectivity index (χ1n) is 5.00. The van der Waals surface area contributed by atoms with Crippen LogP contribution in [0.5, 0.6) is 0 Å². The predicted octanol–water partition coefficient (Wildman–Crippen LogP) is 4.04. The lowest BCUT2D eigenvalue weighted by Crippen LogP contribution is -2.03. The van der Waals surface area contributed by atoms with E-state index < -0.39 is 0 Å². The second-order valence-electron chi connectivity index (χ2n) is 3.67. The van der Waals surface area contributed by atoms with Crippen LogP contribution < -0.4 is 0 Å². The first-order valence-corrected chi connectivity index (χ1v) is 6.17. The molecule has 0 saturated carbocycles. The fourth-order valence-corrected chi connectivity index (χ4v) is 2.39. The fourth-order valence-electron chi connectivity index (χ4n) is 1.51. The lowest BCUT2D eigenvalue weighted by atomic mass is 10.0. The molecular weight excluding hydrogens is 302 g/mol. The molecule has 0 N–H and O–H groups in total. The number of carbonyl (C=O) groups excluding carboxylic acids is 1. The Labute approximate surface area is 113 Å². The van der Waals surface area contributed by atoms with Gasteiger partial charge in [-0.3, -0.25) is 9.78 Å². The standard InChI is InChI=1S/C13H9BrClNO/c1-8-2-3-9(11(14)6-8)13(17)10-4-5-16-7-12(10)15/h2-7H,1H3. The summed E-state index contributed by atoms with van der Waals surface area (Å²) in [4.78, 5) is 16.1. The van der Waals surface area contributed by atoms with Crippen LogP contribution in [0, 0.1) is 6.92 Å². The van der Waals surface area contributed by atoms with E-state index in [-0.39, 0.29) is 5.78 Å². The van der Waals surface area contributed by atoms with Gasteiger partial charge in [0, 0.05) is 28.0 Å². The van der Waals surface area contributed by atoms with Gasteiger partial charge in [-0.2, -0.15) is 0 Å². The summed E-state index contributed by atoms with van der Waals surface area (Å²) in [7, 11) is 0. The van der Waals surface area contributed by atoms with Crippen LogP contribution in [0.25, 0.3) is 0 Å². The highest BCUT2D eigenvalue weighted by Crippen LogP contribution is 2.24. The molecule has 0 aliphatic carbocycles. The Morgan fingerprint density at radius 2 is 2.06 bits per heavy atom. The molecule has 4 heteroatoms. The second kappa shape index (κ2) is 4.98. The summed E-state index contributed by atoms with van der Waals surface area (Å²) in [5.41, 5.74) is 2.16. The van der Waals surface area contributed by atoms with Gasteiger partial charge in [-0.05, 0) is 30.7 Å². The Morgan fingerprint density at radius 3 is 2.71 bits per heavy atom. The van der Waals surface area contributed by atoms with Crippen molar-refractivity contribution in [2.24, 2.45) is 0 Å². The third-order valence-corrected chi connectivity index (χ3v) is 3.34. The molecule has 0 fully saturated rings. The maximum Gasteiger partial charge on any atom is 0.195 e. The van der Waals surface area contributed by atoms with Crippen LogP contribution >= 0.6 is 27.5 Å². The molecule has 0 aliphatic heterocycles. The van der Waals surface area contributed by atoms with Gasteiger partial charge in [-0.25, -0.2) is 0 Å². The summed E-state index contributed by atoms with van der Waals surface area (Å²) >= 11 is 9.34. The van der Waals surface area contributed by atoms with E-state index in [0.29, 0.717) is 16.1 Å². The minimum Gasteiger partial charge on any atom is -0.289 e. The monoisotopic (exact) mass is 309 g/mol. The molecule has 17 heavy (non-hydrogen) atoms. The summed E-state index contributed by atoms with van der Waals surface area (Å²) in [5.74, 6) is -0.107. The van der Waals surface area contributed by atoms with Gasteiger partial charge < -0.3 is 0 Å². The number of benzene rings is 1. The van der Waals surface area contributed by atoms with Crippen molar-refractivity contribution in [3.63, 3.8) is 0 Å². The number of nitrogens with zero attached hydrogens (tertiary/aromatic N) is 1. The van der Waals surface area contributed by atoms with E-state index in [1.165, 1.54) is 6.20 Å². The van der Waals surface area contributed by atoms with E-state index in [2.05, 4.69) is 20.9 Å². The molecule has 0 bridgehead atoms. The van der Waals surface area contributed by atoms with Gasteiger partial charge in [0.25, 0.3) is 0 Å². The van der Waals surface area contributed by atoms with Crippen LogP contribution in [0.15, 0.2) is 41.1 Å². The van der Waals surface area contributed by atoms with E-state index in [1.807, 2.05) is 19.1 Å². The molecule has 0 saturated heterocycles. The second-order valence-corrected chi connectivity index (χ2v) is 4.93. The van der Waals surface area contributed by atoms with E-state index >= 15 is 0 Å². The zero-order chi connectivity index (χ0) is 12.4. The summed E-state index contributed by atoms with van der Waals surface area (Å²) in [5, 5.41) is 0.366. The number of aromatic nitrogens is 1. The van der Waals surface area contributed by atoms with Gasteiger partial charge in [0.15, 0.2) is 5.78 Å². The third-order valence-electron chi connectivity index (χ3n) is 2.39. The third kappa shape index (κ3) is 2.56. The minimum absolute atomic E-state index is 0.107. The maximum absolute atomic E-state index is 12.3. The van der Waals surface area contributed by atoms with Crippen molar-refractivity contribution in [3.05, 3.63) is 62.8 Å². The van der Waals surface area contributed by atoms with Crippen molar-refractivity contribution >= 4 is 33.3 Å². The Kier molecular flexibility index (Phi) is 3.60. The molecule has 0 amide bonds. The Hall–Kier alpha value is -1.19. The average molecular weight is 311 g/mol. The largest absolute Gasteiger partial charge is 0.289 e. The maximum atomic E-state index is 12.3. The quantitative estimate of drug-likeness (QED) is 0.784. The fraction of sp³-hybridized carbons (Fsp3) is 0.0769. The van der Waals surface area contributed by atoms with E-state index in [9.17, 15) is 4.79 Å². The van der Waals surface area contributed by atoms with Gasteiger partial charge in [0.2, 0.25) is 0 Å². The number of carbonyl (C=O) groups is 1. The minimum atomic E-state index is -0.107. The van der Waals surface area contributed by atoms with Crippen LogP contribution in [-0.4, -0.2) is 10.8 Å². The Morgan fingerprint density at radius 1 is 1.29 bits per heavy atom. The molecule has 2 aromatic rings. The Balaban J connectivity index is 2.48. The topological polar surface area (TPSA) is 30.0 Å². The summed E-state index contributed by atoms with van der Waals surface area (Å²) < 4.78 is 0.773. The van der Waals surface area contributed by atoms with Crippen molar-refractivity contribution in [2.45, 2.75) is 6.92 Å². The normalized spacial score (nSPS) is 10.3. The molecule has 0 aliphatic rings. The highest BCUT2D eigenvalue weighted by atomic mass is 79.9. The lowest BCUT2D eigenvalue weighted by molar-refractivity contribution is 0.103. The highest BCUT2D eigenvalue weighted by molar-refractivity contribution is 9.10. The van der Waals surface area contributed by atoms with Crippen molar-refractivity contribution in [2.75, 3.05) is 0 Å². The van der Waals surface area contributed by atoms with Crippen LogP contribution in [0.3, 0.4) is 0 Å². The number of hydrogen-bond donors (Lipinski definition) is 0. The summed E-state index contributed by atoms with van der Waals surface area (Å²) in [6.07, 6.45) is 3.03. The first-order chi connectivity index (χ1) is 8.09. The molecule has 1 aromatic heterocycles. The number of rotatable bonds is 2. The average Bonchev–Trinajstić information content (AvgIpc) is 2.29. The number of ketones is 1. The van der Waals surface area contributed by atoms with Gasteiger partial charge in [0.05, 0.1) is 5.02 Å². The number of pyridine rings is 1. The molecule has 2 rings (SSSR count).